The summed E-state index contributed by atoms with van der Waals surface area (Å²) in [7, 11) is 0. The van der Waals surface area contributed by atoms with E-state index in [0.717, 1.165) is 12.8 Å². The van der Waals surface area contributed by atoms with Crippen LogP contribution in [0.2, 0.25) is 0 Å². The molecule has 1 radical (unpaired) electrons. The topological polar surface area (TPSA) is 46.5 Å². The van der Waals surface area contributed by atoms with Gasteiger partial charge in [0.25, 0.3) is 0 Å². The first-order chi connectivity index (χ1) is 5.20. The molecule has 0 aromatic carbocycles. The molecule has 0 aromatic rings. The van der Waals surface area contributed by atoms with Gasteiger partial charge in [-0.2, -0.15) is 0 Å². The van der Waals surface area contributed by atoms with Crippen molar-refractivity contribution in [3.8, 4) is 0 Å². The van der Waals surface area contributed by atoms with E-state index in [1.165, 1.54) is 0 Å². The van der Waals surface area contributed by atoms with E-state index in [0.29, 0.717) is 6.61 Å². The lowest BCUT2D eigenvalue weighted by molar-refractivity contribution is -0.140. The summed E-state index contributed by atoms with van der Waals surface area (Å²) in [5, 5.41) is 8.44. The maximum atomic E-state index is 10.3. The summed E-state index contributed by atoms with van der Waals surface area (Å²) in [6, 6.07) is 0. The molecule has 0 aliphatic rings. The molecule has 3 heteroatoms. The molecule has 0 bridgehead atoms. The third-order valence-corrected chi connectivity index (χ3v) is 1.33. The van der Waals surface area contributed by atoms with Gasteiger partial charge < -0.3 is 9.84 Å². The number of hydrogen-bond acceptors (Lipinski definition) is 2. The lowest BCUT2D eigenvalue weighted by Gasteiger charge is -2.12. The van der Waals surface area contributed by atoms with Crippen LogP contribution in [0.25, 0.3) is 0 Å². The van der Waals surface area contributed by atoms with E-state index in [9.17, 15) is 4.79 Å². The number of carboxylic acid groups (broad SMARTS) is 1. The maximum Gasteiger partial charge on any atom is 0.305 e. The van der Waals surface area contributed by atoms with Crippen molar-refractivity contribution in [1.82, 2.24) is 0 Å². The Balaban J connectivity index is 3.59. The second-order valence-electron chi connectivity index (χ2n) is 2.32. The molecule has 65 valence electrons. The van der Waals surface area contributed by atoms with Crippen LogP contribution in [0.1, 0.15) is 26.2 Å². The highest BCUT2D eigenvalue weighted by atomic mass is 16.5. The zero-order valence-electron chi connectivity index (χ0n) is 6.88. The molecule has 0 aromatic heterocycles. The Hall–Kier alpha value is -0.570. The highest BCUT2D eigenvalue weighted by Crippen LogP contribution is 2.05. The third-order valence-electron chi connectivity index (χ3n) is 1.33. The van der Waals surface area contributed by atoms with Gasteiger partial charge in [0, 0.05) is 6.61 Å². The lowest BCUT2D eigenvalue weighted by Crippen LogP contribution is -2.17. The van der Waals surface area contributed by atoms with Crippen molar-refractivity contribution < 1.29 is 14.6 Å². The maximum absolute atomic E-state index is 10.3. The zero-order valence-corrected chi connectivity index (χ0v) is 6.88. The first-order valence-corrected chi connectivity index (χ1v) is 3.83. The molecule has 0 aliphatic heterocycles. The predicted octanol–water partition coefficient (Wildman–Crippen LogP) is 1.48. The fourth-order valence-electron chi connectivity index (χ4n) is 0.902. The quantitative estimate of drug-likeness (QED) is 0.638. The molecule has 11 heavy (non-hydrogen) atoms. The zero-order chi connectivity index (χ0) is 8.69. The van der Waals surface area contributed by atoms with Crippen molar-refractivity contribution in [2.24, 2.45) is 0 Å². The molecule has 0 aliphatic carbocycles. The van der Waals surface area contributed by atoms with Gasteiger partial charge in [-0.25, -0.2) is 0 Å². The molecule has 0 rings (SSSR count). The molecule has 0 saturated carbocycles. The minimum atomic E-state index is -0.808. The summed E-state index contributed by atoms with van der Waals surface area (Å²) in [5.41, 5.74) is 0. The smallest absolute Gasteiger partial charge is 0.305 e. The van der Waals surface area contributed by atoms with Crippen LogP contribution in [0, 0.1) is 6.92 Å². The molecule has 0 saturated heterocycles. The largest absolute Gasteiger partial charge is 0.481 e. The summed E-state index contributed by atoms with van der Waals surface area (Å²) in [4.78, 5) is 10.3. The van der Waals surface area contributed by atoms with E-state index in [2.05, 4.69) is 6.92 Å². The molecule has 3 nitrogen and oxygen atoms in total. The molecule has 0 spiro atoms. The summed E-state index contributed by atoms with van der Waals surface area (Å²) in [5.74, 6) is -0.808. The van der Waals surface area contributed by atoms with Crippen molar-refractivity contribution in [3.05, 3.63) is 6.92 Å². The average Bonchev–Trinajstić information content (AvgIpc) is 1.87. The van der Waals surface area contributed by atoms with E-state index in [-0.39, 0.29) is 12.5 Å². The van der Waals surface area contributed by atoms with Crippen molar-refractivity contribution in [2.75, 3.05) is 6.61 Å². The molecule has 1 atom stereocenters. The number of rotatable bonds is 6. The Morgan fingerprint density at radius 1 is 1.73 bits per heavy atom. The van der Waals surface area contributed by atoms with Crippen molar-refractivity contribution in [2.45, 2.75) is 32.3 Å². The average molecular weight is 159 g/mol. The van der Waals surface area contributed by atoms with Gasteiger partial charge >= 0.3 is 5.97 Å². The fourth-order valence-corrected chi connectivity index (χ4v) is 0.902. The van der Waals surface area contributed by atoms with E-state index in [4.69, 9.17) is 9.84 Å². The van der Waals surface area contributed by atoms with Crippen LogP contribution in [0.3, 0.4) is 0 Å². The van der Waals surface area contributed by atoms with Gasteiger partial charge in [-0.1, -0.05) is 13.3 Å². The molecule has 0 fully saturated rings. The molecule has 1 unspecified atom stereocenters. The van der Waals surface area contributed by atoms with E-state index in [1.807, 2.05) is 6.92 Å². The van der Waals surface area contributed by atoms with Crippen LogP contribution in [0.15, 0.2) is 0 Å². The number of carbonyl (C=O) groups is 1. The summed E-state index contributed by atoms with van der Waals surface area (Å²) in [6.07, 6.45) is 1.37. The fraction of sp³-hybridized carbons (Fsp3) is 0.750. The van der Waals surface area contributed by atoms with Crippen LogP contribution in [0.5, 0.6) is 0 Å². The summed E-state index contributed by atoms with van der Waals surface area (Å²) >= 11 is 0. The summed E-state index contributed by atoms with van der Waals surface area (Å²) < 4.78 is 5.17. The molecule has 0 amide bonds. The minimum absolute atomic E-state index is 0.0867. The number of carboxylic acids is 1. The van der Waals surface area contributed by atoms with Crippen molar-refractivity contribution >= 4 is 5.97 Å². The van der Waals surface area contributed by atoms with Crippen LogP contribution < -0.4 is 0 Å². The van der Waals surface area contributed by atoms with Crippen LogP contribution in [0.4, 0.5) is 0 Å². The van der Waals surface area contributed by atoms with Gasteiger partial charge in [0.15, 0.2) is 0 Å². The van der Waals surface area contributed by atoms with Gasteiger partial charge in [-0.05, 0) is 13.3 Å². The molecule has 0 heterocycles. The molecular weight excluding hydrogens is 144 g/mol. The Labute approximate surface area is 67.4 Å². The van der Waals surface area contributed by atoms with Gasteiger partial charge in [0.2, 0.25) is 0 Å². The normalized spacial score (nSPS) is 12.9. The lowest BCUT2D eigenvalue weighted by atomic mass is 10.1. The molecule has 1 N–H and O–H groups in total. The monoisotopic (exact) mass is 159 g/mol. The standard InChI is InChI=1S/C8H15O3/c1-3-5-7(11-4-2)6-8(9)10/h7H,1,3-6H2,2H3,(H,9,10). The van der Waals surface area contributed by atoms with Crippen LogP contribution >= 0.6 is 0 Å². The molecular formula is C8H15O3. The predicted molar refractivity (Wildman–Crippen MR) is 42.3 cm³/mol. The number of aliphatic carboxylic acids is 1. The Morgan fingerprint density at radius 2 is 2.36 bits per heavy atom. The second-order valence-corrected chi connectivity index (χ2v) is 2.32. The van der Waals surface area contributed by atoms with E-state index < -0.39 is 5.97 Å². The van der Waals surface area contributed by atoms with Crippen LogP contribution in [-0.4, -0.2) is 23.8 Å². The van der Waals surface area contributed by atoms with Gasteiger partial charge in [-0.15, -0.1) is 0 Å². The van der Waals surface area contributed by atoms with E-state index in [1.54, 1.807) is 0 Å². The first-order valence-electron chi connectivity index (χ1n) is 3.83. The second kappa shape index (κ2) is 6.16. The Bertz CT molecular complexity index is 106. The SMILES string of the molecule is [CH2]CCC(CC(=O)O)OCC. The minimum Gasteiger partial charge on any atom is -0.481 e. The third kappa shape index (κ3) is 5.85. The van der Waals surface area contributed by atoms with Crippen molar-refractivity contribution in [3.63, 3.8) is 0 Å². The van der Waals surface area contributed by atoms with Crippen LogP contribution in [-0.2, 0) is 9.53 Å². The van der Waals surface area contributed by atoms with Crippen molar-refractivity contribution in [1.29, 1.82) is 0 Å². The highest BCUT2D eigenvalue weighted by Gasteiger charge is 2.11. The Kier molecular flexibility index (Phi) is 5.84. The number of hydrogen-bond donors (Lipinski definition) is 1. The van der Waals surface area contributed by atoms with Gasteiger partial charge in [-0.3, -0.25) is 4.79 Å². The Morgan fingerprint density at radius 3 is 2.73 bits per heavy atom. The number of ether oxygens (including phenoxy) is 1. The van der Waals surface area contributed by atoms with Gasteiger partial charge in [0.05, 0.1) is 12.5 Å². The highest BCUT2D eigenvalue weighted by molar-refractivity contribution is 5.67. The summed E-state index contributed by atoms with van der Waals surface area (Å²) in [6.45, 7) is 6.07. The van der Waals surface area contributed by atoms with E-state index >= 15 is 0 Å². The first kappa shape index (κ1) is 10.4. The van der Waals surface area contributed by atoms with Gasteiger partial charge in [0.1, 0.15) is 0 Å².